The van der Waals surface area contributed by atoms with Crippen LogP contribution in [0.5, 0.6) is 0 Å². The molecule has 0 fully saturated rings. The van der Waals surface area contributed by atoms with Crippen LogP contribution in [0.25, 0.3) is 0 Å². The average Bonchev–Trinajstić information content (AvgIpc) is 2.07. The number of hydrogen-bond acceptors (Lipinski definition) is 4. The number of alkyl halides is 2. The highest BCUT2D eigenvalue weighted by Crippen LogP contribution is 2.28. The lowest BCUT2D eigenvalue weighted by molar-refractivity contribution is -0.385. The van der Waals surface area contributed by atoms with Crippen LogP contribution in [-0.4, -0.2) is 9.91 Å². The SMILES string of the molecule is Cc1c([N+](=O)[O-])cc(N)nc1C(F)F. The van der Waals surface area contributed by atoms with E-state index < -0.39 is 22.7 Å². The first kappa shape index (κ1) is 10.3. The van der Waals surface area contributed by atoms with Gasteiger partial charge in [-0.05, 0) is 6.92 Å². The van der Waals surface area contributed by atoms with Crippen molar-refractivity contribution in [1.82, 2.24) is 4.98 Å². The van der Waals surface area contributed by atoms with Gasteiger partial charge in [0.25, 0.3) is 12.1 Å². The van der Waals surface area contributed by atoms with Crippen molar-refractivity contribution in [3.8, 4) is 0 Å². The molecule has 1 heterocycles. The van der Waals surface area contributed by atoms with Gasteiger partial charge in [0.1, 0.15) is 11.5 Å². The average molecular weight is 203 g/mol. The quantitative estimate of drug-likeness (QED) is 0.587. The van der Waals surface area contributed by atoms with Crippen molar-refractivity contribution in [1.29, 1.82) is 0 Å². The van der Waals surface area contributed by atoms with E-state index in [1.54, 1.807) is 0 Å². The second-order valence-electron chi connectivity index (χ2n) is 2.63. The number of rotatable bonds is 2. The second kappa shape index (κ2) is 3.52. The van der Waals surface area contributed by atoms with Gasteiger partial charge in [0, 0.05) is 0 Å². The minimum Gasteiger partial charge on any atom is -0.383 e. The number of nitrogens with two attached hydrogens (primary N) is 1. The summed E-state index contributed by atoms with van der Waals surface area (Å²) in [5, 5.41) is 10.4. The van der Waals surface area contributed by atoms with Crippen LogP contribution >= 0.6 is 0 Å². The Hall–Kier alpha value is -1.79. The van der Waals surface area contributed by atoms with Gasteiger partial charge in [-0.3, -0.25) is 10.1 Å². The molecule has 0 atom stereocenters. The van der Waals surface area contributed by atoms with Gasteiger partial charge < -0.3 is 5.73 Å². The molecule has 0 radical (unpaired) electrons. The molecule has 1 aromatic rings. The molecular weight excluding hydrogens is 196 g/mol. The van der Waals surface area contributed by atoms with Gasteiger partial charge in [0.05, 0.1) is 16.6 Å². The molecule has 7 heteroatoms. The maximum atomic E-state index is 12.3. The molecule has 0 aliphatic rings. The maximum Gasteiger partial charge on any atom is 0.280 e. The molecule has 0 spiro atoms. The third kappa shape index (κ3) is 1.76. The number of nitrogens with zero attached hydrogens (tertiary/aromatic N) is 2. The van der Waals surface area contributed by atoms with E-state index in [1.807, 2.05) is 0 Å². The smallest absolute Gasteiger partial charge is 0.280 e. The number of halogens is 2. The summed E-state index contributed by atoms with van der Waals surface area (Å²) in [6, 6.07) is 0.960. The molecule has 5 nitrogen and oxygen atoms in total. The van der Waals surface area contributed by atoms with Crippen LogP contribution in [0.3, 0.4) is 0 Å². The fraction of sp³-hybridized carbons (Fsp3) is 0.286. The summed E-state index contributed by atoms with van der Waals surface area (Å²) in [7, 11) is 0. The van der Waals surface area contributed by atoms with Crippen molar-refractivity contribution in [3.05, 3.63) is 27.4 Å². The van der Waals surface area contributed by atoms with Crippen molar-refractivity contribution < 1.29 is 13.7 Å². The molecule has 14 heavy (non-hydrogen) atoms. The minimum absolute atomic E-state index is 0.154. The van der Waals surface area contributed by atoms with Crippen LogP contribution in [0.1, 0.15) is 17.7 Å². The van der Waals surface area contributed by atoms with E-state index in [2.05, 4.69) is 4.98 Å². The standard InChI is InChI=1S/C7H7F2N3O2/c1-3-4(12(13)14)2-5(10)11-6(3)7(8)9/h2,7H,1H3,(H2,10,11). The Labute approximate surface area is 77.7 Å². The van der Waals surface area contributed by atoms with Gasteiger partial charge in [-0.1, -0.05) is 0 Å². The van der Waals surface area contributed by atoms with E-state index in [-0.39, 0.29) is 11.4 Å². The summed E-state index contributed by atoms with van der Waals surface area (Å²) in [6.45, 7) is 1.21. The van der Waals surface area contributed by atoms with Crippen LogP contribution in [0, 0.1) is 17.0 Å². The molecule has 0 saturated heterocycles. The first-order chi connectivity index (χ1) is 6.43. The Kier molecular flexibility index (Phi) is 2.59. The van der Waals surface area contributed by atoms with Crippen LogP contribution in [0.2, 0.25) is 0 Å². The Balaban J connectivity index is 3.40. The number of pyridine rings is 1. The lowest BCUT2D eigenvalue weighted by Gasteiger charge is -2.05. The topological polar surface area (TPSA) is 82.0 Å². The van der Waals surface area contributed by atoms with Crippen LogP contribution in [0.4, 0.5) is 20.3 Å². The van der Waals surface area contributed by atoms with Gasteiger partial charge in [0.15, 0.2) is 0 Å². The highest BCUT2D eigenvalue weighted by Gasteiger charge is 2.22. The fourth-order valence-corrected chi connectivity index (χ4v) is 1.04. The normalized spacial score (nSPS) is 10.6. The molecule has 1 aromatic heterocycles. The Morgan fingerprint density at radius 1 is 1.64 bits per heavy atom. The van der Waals surface area contributed by atoms with Crippen molar-refractivity contribution in [2.75, 3.05) is 5.73 Å². The number of aromatic nitrogens is 1. The van der Waals surface area contributed by atoms with E-state index in [0.717, 1.165) is 6.07 Å². The first-order valence-corrected chi connectivity index (χ1v) is 3.63. The third-order valence-electron chi connectivity index (χ3n) is 1.71. The molecule has 76 valence electrons. The summed E-state index contributed by atoms with van der Waals surface area (Å²) in [6.07, 6.45) is -2.86. The summed E-state index contributed by atoms with van der Waals surface area (Å²) in [5.41, 5.74) is 3.92. The van der Waals surface area contributed by atoms with Gasteiger partial charge in [-0.2, -0.15) is 0 Å². The molecule has 0 amide bonds. The van der Waals surface area contributed by atoms with Crippen molar-refractivity contribution in [2.45, 2.75) is 13.3 Å². The molecule has 0 saturated carbocycles. The number of nitro groups is 1. The summed E-state index contributed by atoms with van der Waals surface area (Å²) >= 11 is 0. The lowest BCUT2D eigenvalue weighted by atomic mass is 10.2. The first-order valence-electron chi connectivity index (χ1n) is 3.63. The zero-order valence-corrected chi connectivity index (χ0v) is 7.20. The van der Waals surface area contributed by atoms with Gasteiger partial charge >= 0.3 is 0 Å². The third-order valence-corrected chi connectivity index (χ3v) is 1.71. The molecule has 1 rings (SSSR count). The number of anilines is 1. The predicted octanol–water partition coefficient (Wildman–Crippen LogP) is 1.82. The Morgan fingerprint density at radius 2 is 2.21 bits per heavy atom. The van der Waals surface area contributed by atoms with E-state index in [0.29, 0.717) is 0 Å². The summed E-state index contributed by atoms with van der Waals surface area (Å²) in [5.74, 6) is -0.280. The predicted molar refractivity (Wildman–Crippen MR) is 45.0 cm³/mol. The number of hydrogen-bond donors (Lipinski definition) is 1. The Bertz CT molecular complexity index is 381. The molecule has 0 aliphatic carbocycles. The largest absolute Gasteiger partial charge is 0.383 e. The molecular formula is C7H7F2N3O2. The van der Waals surface area contributed by atoms with E-state index in [1.165, 1.54) is 6.92 Å². The van der Waals surface area contributed by atoms with E-state index in [4.69, 9.17) is 5.73 Å². The second-order valence-corrected chi connectivity index (χ2v) is 2.63. The lowest BCUT2D eigenvalue weighted by Crippen LogP contribution is -2.03. The van der Waals surface area contributed by atoms with Crippen molar-refractivity contribution in [2.24, 2.45) is 0 Å². The molecule has 0 aromatic carbocycles. The minimum atomic E-state index is -2.86. The Morgan fingerprint density at radius 3 is 2.64 bits per heavy atom. The van der Waals surface area contributed by atoms with Crippen LogP contribution < -0.4 is 5.73 Å². The monoisotopic (exact) mass is 203 g/mol. The maximum absolute atomic E-state index is 12.3. The molecule has 0 unspecified atom stereocenters. The van der Waals surface area contributed by atoms with Crippen LogP contribution in [0.15, 0.2) is 6.07 Å². The zero-order valence-electron chi connectivity index (χ0n) is 7.20. The molecule has 0 bridgehead atoms. The number of nitrogen functional groups attached to an aromatic ring is 1. The van der Waals surface area contributed by atoms with Crippen LogP contribution in [-0.2, 0) is 0 Å². The van der Waals surface area contributed by atoms with Gasteiger partial charge in [0.2, 0.25) is 0 Å². The van der Waals surface area contributed by atoms with Crippen molar-refractivity contribution >= 4 is 11.5 Å². The zero-order chi connectivity index (χ0) is 10.9. The van der Waals surface area contributed by atoms with Gasteiger partial charge in [-0.25, -0.2) is 13.8 Å². The summed E-state index contributed by atoms with van der Waals surface area (Å²) < 4.78 is 24.6. The molecule has 2 N–H and O–H groups in total. The highest BCUT2D eigenvalue weighted by atomic mass is 19.3. The van der Waals surface area contributed by atoms with Crippen molar-refractivity contribution in [3.63, 3.8) is 0 Å². The highest BCUT2D eigenvalue weighted by molar-refractivity contribution is 5.50. The van der Waals surface area contributed by atoms with E-state index in [9.17, 15) is 18.9 Å². The van der Waals surface area contributed by atoms with Gasteiger partial charge in [-0.15, -0.1) is 0 Å². The fourth-order valence-electron chi connectivity index (χ4n) is 1.04. The van der Waals surface area contributed by atoms with E-state index >= 15 is 0 Å². The summed E-state index contributed by atoms with van der Waals surface area (Å²) in [4.78, 5) is 13.0. The molecule has 0 aliphatic heterocycles.